The third-order valence-electron chi connectivity index (χ3n) is 6.02. The molecule has 1 saturated heterocycles. The van der Waals surface area contributed by atoms with Crippen molar-refractivity contribution in [1.29, 1.82) is 0 Å². The quantitative estimate of drug-likeness (QED) is 0.514. The molecule has 4 amide bonds. The molecule has 1 unspecified atom stereocenters. The highest BCUT2D eigenvalue weighted by Crippen LogP contribution is 2.41. The first kappa shape index (κ1) is 22.0. The first-order valence-corrected chi connectivity index (χ1v) is 11.5. The van der Waals surface area contributed by atoms with Crippen molar-refractivity contribution >= 4 is 40.2 Å². The first-order chi connectivity index (χ1) is 15.3. The molecule has 9 heteroatoms. The van der Waals surface area contributed by atoms with Crippen molar-refractivity contribution in [1.82, 2.24) is 10.2 Å². The average molecular weight is 456 g/mol. The second kappa shape index (κ2) is 8.38. The van der Waals surface area contributed by atoms with Gasteiger partial charge in [0.05, 0.1) is 12.2 Å². The minimum absolute atomic E-state index is 0.219. The smallest absolute Gasteiger partial charge is 0.341 e. The van der Waals surface area contributed by atoms with Crippen LogP contribution in [0, 0.1) is 6.92 Å². The number of anilines is 1. The number of amides is 4. The highest BCUT2D eigenvalue weighted by Gasteiger charge is 2.55. The van der Waals surface area contributed by atoms with E-state index in [1.165, 1.54) is 11.3 Å². The number of carbonyl (C=O) groups is 4. The Labute approximate surface area is 189 Å². The van der Waals surface area contributed by atoms with Crippen molar-refractivity contribution in [3.8, 4) is 0 Å². The van der Waals surface area contributed by atoms with Gasteiger partial charge in [0.25, 0.3) is 5.91 Å². The fourth-order valence-electron chi connectivity index (χ4n) is 4.55. The van der Waals surface area contributed by atoms with Gasteiger partial charge in [0.2, 0.25) is 5.91 Å². The third kappa shape index (κ3) is 3.46. The molecule has 168 valence electrons. The van der Waals surface area contributed by atoms with E-state index in [1.54, 1.807) is 6.92 Å². The molecule has 1 aliphatic heterocycles. The molecule has 0 radical (unpaired) electrons. The van der Waals surface area contributed by atoms with Crippen LogP contribution in [0.2, 0.25) is 0 Å². The van der Waals surface area contributed by atoms with Crippen molar-refractivity contribution in [3.63, 3.8) is 0 Å². The van der Waals surface area contributed by atoms with Crippen LogP contribution in [-0.2, 0) is 32.7 Å². The minimum atomic E-state index is -1.11. The van der Waals surface area contributed by atoms with E-state index in [1.807, 2.05) is 38.1 Å². The van der Waals surface area contributed by atoms with Crippen molar-refractivity contribution in [3.05, 3.63) is 51.4 Å². The van der Waals surface area contributed by atoms with E-state index in [0.29, 0.717) is 29.8 Å². The SMILES string of the molecule is CCOC(=O)c1c(NC(=O)CN2C(=O)NC3(CCc4ccccc43)C2=O)sc(C)c1CC. The maximum Gasteiger partial charge on any atom is 0.341 e. The predicted molar refractivity (Wildman–Crippen MR) is 120 cm³/mol. The molecule has 4 rings (SSSR count). The van der Waals surface area contributed by atoms with Crippen molar-refractivity contribution in [2.45, 2.75) is 45.6 Å². The lowest BCUT2D eigenvalue weighted by atomic mass is 9.92. The zero-order valence-electron chi connectivity index (χ0n) is 18.2. The second-order valence-electron chi connectivity index (χ2n) is 7.85. The van der Waals surface area contributed by atoms with Gasteiger partial charge in [-0.25, -0.2) is 9.59 Å². The standard InChI is InChI=1S/C23H25N3O5S/c1-4-15-13(3)32-19(18(15)20(28)31-5-2)24-17(27)12-26-21(29)23(25-22(26)30)11-10-14-8-6-7-9-16(14)23/h6-9H,4-5,10-12H2,1-3H3,(H,24,27)(H,25,30). The molecule has 1 fully saturated rings. The van der Waals surface area contributed by atoms with Gasteiger partial charge in [0, 0.05) is 4.88 Å². The number of aryl methyl sites for hydroxylation is 2. The number of carbonyl (C=O) groups excluding carboxylic acids is 4. The number of fused-ring (bicyclic) bond motifs is 2. The summed E-state index contributed by atoms with van der Waals surface area (Å²) in [6.45, 7) is 5.30. The summed E-state index contributed by atoms with van der Waals surface area (Å²) in [6.07, 6.45) is 1.76. The number of nitrogens with zero attached hydrogens (tertiary/aromatic N) is 1. The van der Waals surface area contributed by atoms with E-state index in [-0.39, 0.29) is 6.61 Å². The normalized spacial score (nSPS) is 19.3. The van der Waals surface area contributed by atoms with Crippen LogP contribution in [0.5, 0.6) is 0 Å². The molecule has 1 aromatic carbocycles. The summed E-state index contributed by atoms with van der Waals surface area (Å²) in [4.78, 5) is 53.0. The molecule has 1 aromatic heterocycles. The number of esters is 1. The number of urea groups is 1. The molecule has 2 heterocycles. The maximum atomic E-state index is 13.2. The van der Waals surface area contributed by atoms with Gasteiger partial charge < -0.3 is 15.4 Å². The van der Waals surface area contributed by atoms with Crippen LogP contribution in [0.4, 0.5) is 9.80 Å². The zero-order chi connectivity index (χ0) is 23.0. The Kier molecular flexibility index (Phi) is 5.77. The Balaban J connectivity index is 1.54. The Morgan fingerprint density at radius 2 is 2.00 bits per heavy atom. The summed E-state index contributed by atoms with van der Waals surface area (Å²) >= 11 is 1.28. The number of benzene rings is 1. The molecular formula is C23H25N3O5S. The van der Waals surface area contributed by atoms with Gasteiger partial charge in [-0.05, 0) is 49.8 Å². The molecular weight excluding hydrogens is 430 g/mol. The Bertz CT molecular complexity index is 1120. The summed E-state index contributed by atoms with van der Waals surface area (Å²) in [6, 6.07) is 6.93. The minimum Gasteiger partial charge on any atom is -0.462 e. The molecule has 0 bridgehead atoms. The molecule has 2 N–H and O–H groups in total. The van der Waals surface area contributed by atoms with E-state index >= 15 is 0 Å². The fraction of sp³-hybridized carbons (Fsp3) is 0.391. The van der Waals surface area contributed by atoms with Crippen LogP contribution >= 0.6 is 11.3 Å². The number of hydrogen-bond donors (Lipinski definition) is 2. The van der Waals surface area contributed by atoms with Gasteiger partial charge in [0.1, 0.15) is 17.1 Å². The summed E-state index contributed by atoms with van der Waals surface area (Å²) in [7, 11) is 0. The molecule has 0 saturated carbocycles. The molecule has 8 nitrogen and oxygen atoms in total. The van der Waals surface area contributed by atoms with Gasteiger partial charge in [-0.2, -0.15) is 0 Å². The molecule has 2 aliphatic rings. The lowest BCUT2D eigenvalue weighted by Crippen LogP contribution is -2.43. The van der Waals surface area contributed by atoms with Gasteiger partial charge in [0.15, 0.2) is 0 Å². The summed E-state index contributed by atoms with van der Waals surface area (Å²) < 4.78 is 5.16. The summed E-state index contributed by atoms with van der Waals surface area (Å²) in [5, 5.41) is 5.90. The second-order valence-corrected chi connectivity index (χ2v) is 9.07. The van der Waals surface area contributed by atoms with Crippen LogP contribution in [0.15, 0.2) is 24.3 Å². The number of ether oxygens (including phenoxy) is 1. The Morgan fingerprint density at radius 3 is 2.72 bits per heavy atom. The topological polar surface area (TPSA) is 105 Å². The van der Waals surface area contributed by atoms with E-state index in [2.05, 4.69) is 10.6 Å². The largest absolute Gasteiger partial charge is 0.462 e. The molecule has 2 aromatic rings. The first-order valence-electron chi connectivity index (χ1n) is 10.6. The predicted octanol–water partition coefficient (Wildman–Crippen LogP) is 3.13. The number of hydrogen-bond acceptors (Lipinski definition) is 6. The molecule has 1 spiro atoms. The van der Waals surface area contributed by atoms with Gasteiger partial charge >= 0.3 is 12.0 Å². The molecule has 1 aliphatic carbocycles. The van der Waals surface area contributed by atoms with E-state index in [0.717, 1.165) is 26.5 Å². The van der Waals surface area contributed by atoms with Crippen LogP contribution in [0.25, 0.3) is 0 Å². The number of rotatable bonds is 6. The zero-order valence-corrected chi connectivity index (χ0v) is 19.1. The molecule has 1 atom stereocenters. The van der Waals surface area contributed by atoms with Crippen molar-refractivity contribution in [2.24, 2.45) is 0 Å². The Morgan fingerprint density at radius 1 is 1.25 bits per heavy atom. The third-order valence-corrected chi connectivity index (χ3v) is 7.08. The number of nitrogens with one attached hydrogen (secondary N) is 2. The highest BCUT2D eigenvalue weighted by molar-refractivity contribution is 7.16. The van der Waals surface area contributed by atoms with Crippen molar-refractivity contribution in [2.75, 3.05) is 18.5 Å². The van der Waals surface area contributed by atoms with Gasteiger partial charge in [-0.1, -0.05) is 31.2 Å². The lowest BCUT2D eigenvalue weighted by molar-refractivity contribution is -0.134. The monoisotopic (exact) mass is 455 g/mol. The van der Waals surface area contributed by atoms with Gasteiger partial charge in [-0.15, -0.1) is 11.3 Å². The number of imide groups is 1. The average Bonchev–Trinajstić information content (AvgIpc) is 3.36. The van der Waals surface area contributed by atoms with Crippen LogP contribution < -0.4 is 10.6 Å². The van der Waals surface area contributed by atoms with Crippen molar-refractivity contribution < 1.29 is 23.9 Å². The molecule has 32 heavy (non-hydrogen) atoms. The van der Waals surface area contributed by atoms with E-state index in [9.17, 15) is 19.2 Å². The highest BCUT2D eigenvalue weighted by atomic mass is 32.1. The number of thiophene rings is 1. The van der Waals surface area contributed by atoms with Gasteiger partial charge in [-0.3, -0.25) is 14.5 Å². The fourth-order valence-corrected chi connectivity index (χ4v) is 5.70. The lowest BCUT2D eigenvalue weighted by Gasteiger charge is -2.22. The van der Waals surface area contributed by atoms with Crippen LogP contribution in [-0.4, -0.2) is 41.9 Å². The summed E-state index contributed by atoms with van der Waals surface area (Å²) in [5.41, 5.74) is 1.85. The van der Waals surface area contributed by atoms with E-state index in [4.69, 9.17) is 4.74 Å². The summed E-state index contributed by atoms with van der Waals surface area (Å²) in [5.74, 6) is -1.48. The maximum absolute atomic E-state index is 13.2. The Hall–Kier alpha value is -3.20. The van der Waals surface area contributed by atoms with Crippen LogP contribution in [0.3, 0.4) is 0 Å². The van der Waals surface area contributed by atoms with E-state index < -0.39 is 35.9 Å². The van der Waals surface area contributed by atoms with Crippen LogP contribution in [0.1, 0.15) is 52.2 Å².